The lowest BCUT2D eigenvalue weighted by Crippen LogP contribution is -2.27. The summed E-state index contributed by atoms with van der Waals surface area (Å²) in [5, 5.41) is 2.97. The summed E-state index contributed by atoms with van der Waals surface area (Å²) >= 11 is 0. The highest BCUT2D eigenvalue weighted by molar-refractivity contribution is 5.94. The van der Waals surface area contributed by atoms with E-state index in [1.54, 1.807) is 24.3 Å². The lowest BCUT2D eigenvalue weighted by atomic mass is 10.2. The number of aryl methyl sites for hydroxylation is 1. The third-order valence-corrected chi connectivity index (χ3v) is 4.56. The molecule has 1 N–H and O–H groups in total. The van der Waals surface area contributed by atoms with E-state index in [0.29, 0.717) is 24.4 Å². The summed E-state index contributed by atoms with van der Waals surface area (Å²) in [6.45, 7) is 3.18. The molecular weight excluding hydrogens is 350 g/mol. The van der Waals surface area contributed by atoms with Crippen LogP contribution >= 0.6 is 0 Å². The Hall–Kier alpha value is -3.60. The standard InChI is InChI=1S/C23H21N3O2/c1-17-25-21-9-5-6-10-22(21)26(17)16-15-24-23(27)18-11-13-20(14-12-18)28-19-7-3-2-4-8-19/h2-14H,15-16H2,1H3,(H,24,27). The number of carbonyl (C=O) groups excluding carboxylic acids is 1. The topological polar surface area (TPSA) is 56.2 Å². The molecule has 1 heterocycles. The van der Waals surface area contributed by atoms with Crippen LogP contribution in [0.4, 0.5) is 0 Å². The number of amides is 1. The maximum atomic E-state index is 12.4. The number of hydrogen-bond donors (Lipinski definition) is 1. The summed E-state index contributed by atoms with van der Waals surface area (Å²) in [7, 11) is 0. The van der Waals surface area contributed by atoms with Gasteiger partial charge in [-0.2, -0.15) is 0 Å². The van der Waals surface area contributed by atoms with E-state index in [1.165, 1.54) is 0 Å². The summed E-state index contributed by atoms with van der Waals surface area (Å²) in [5.41, 5.74) is 2.66. The normalized spacial score (nSPS) is 10.8. The van der Waals surface area contributed by atoms with Gasteiger partial charge in [0.15, 0.2) is 0 Å². The highest BCUT2D eigenvalue weighted by atomic mass is 16.5. The third kappa shape index (κ3) is 3.88. The van der Waals surface area contributed by atoms with E-state index < -0.39 is 0 Å². The zero-order valence-electron chi connectivity index (χ0n) is 15.6. The number of carbonyl (C=O) groups is 1. The average molecular weight is 371 g/mol. The van der Waals surface area contributed by atoms with Crippen LogP contribution in [0.3, 0.4) is 0 Å². The number of hydrogen-bond acceptors (Lipinski definition) is 3. The number of benzene rings is 3. The van der Waals surface area contributed by atoms with Gasteiger partial charge in [0.2, 0.25) is 0 Å². The Morgan fingerprint density at radius 3 is 2.39 bits per heavy atom. The lowest BCUT2D eigenvalue weighted by Gasteiger charge is -2.09. The van der Waals surface area contributed by atoms with Crippen LogP contribution in [0.5, 0.6) is 11.5 Å². The first kappa shape index (κ1) is 17.8. The molecule has 1 aromatic heterocycles. The zero-order valence-corrected chi connectivity index (χ0v) is 15.6. The molecular formula is C23H21N3O2. The molecule has 0 atom stereocenters. The van der Waals surface area contributed by atoms with E-state index in [1.807, 2.05) is 61.5 Å². The van der Waals surface area contributed by atoms with E-state index in [4.69, 9.17) is 4.74 Å². The van der Waals surface area contributed by atoms with Gasteiger partial charge >= 0.3 is 0 Å². The predicted molar refractivity (Wildman–Crippen MR) is 110 cm³/mol. The quantitative estimate of drug-likeness (QED) is 0.540. The molecule has 1 amide bonds. The van der Waals surface area contributed by atoms with E-state index in [2.05, 4.69) is 14.9 Å². The second-order valence-corrected chi connectivity index (χ2v) is 6.49. The smallest absolute Gasteiger partial charge is 0.251 e. The Labute approximate surface area is 163 Å². The molecule has 5 nitrogen and oxygen atoms in total. The molecule has 0 spiro atoms. The van der Waals surface area contributed by atoms with Gasteiger partial charge < -0.3 is 14.6 Å². The maximum Gasteiger partial charge on any atom is 0.251 e. The summed E-state index contributed by atoms with van der Waals surface area (Å²) in [6, 6.07) is 24.7. The van der Waals surface area contributed by atoms with Crippen molar-refractivity contribution >= 4 is 16.9 Å². The average Bonchev–Trinajstić information content (AvgIpc) is 3.04. The van der Waals surface area contributed by atoms with Crippen molar-refractivity contribution in [2.24, 2.45) is 0 Å². The first-order valence-corrected chi connectivity index (χ1v) is 9.24. The molecule has 3 aromatic carbocycles. The number of fused-ring (bicyclic) bond motifs is 1. The Bertz CT molecular complexity index is 1090. The summed E-state index contributed by atoms with van der Waals surface area (Å²) in [5.74, 6) is 2.30. The Balaban J connectivity index is 1.35. The van der Waals surface area contributed by atoms with E-state index >= 15 is 0 Å². The first-order chi connectivity index (χ1) is 13.7. The molecule has 28 heavy (non-hydrogen) atoms. The van der Waals surface area contributed by atoms with Gasteiger partial charge in [-0.15, -0.1) is 0 Å². The second kappa shape index (κ2) is 7.96. The molecule has 140 valence electrons. The van der Waals surface area contributed by atoms with Crippen molar-refractivity contribution in [1.82, 2.24) is 14.9 Å². The molecule has 0 saturated carbocycles. The molecule has 4 rings (SSSR count). The number of rotatable bonds is 6. The molecule has 0 radical (unpaired) electrons. The van der Waals surface area contributed by atoms with Crippen LogP contribution in [0, 0.1) is 6.92 Å². The van der Waals surface area contributed by atoms with Crippen molar-refractivity contribution in [3.8, 4) is 11.5 Å². The minimum absolute atomic E-state index is 0.103. The predicted octanol–water partition coefficient (Wildman–Crippen LogP) is 4.57. The van der Waals surface area contributed by atoms with Gasteiger partial charge in [0.25, 0.3) is 5.91 Å². The SMILES string of the molecule is Cc1nc2ccccc2n1CCNC(=O)c1ccc(Oc2ccccc2)cc1. The molecule has 0 bridgehead atoms. The van der Waals surface area contributed by atoms with Crippen molar-refractivity contribution in [2.45, 2.75) is 13.5 Å². The van der Waals surface area contributed by atoms with Crippen LogP contribution in [0.1, 0.15) is 16.2 Å². The number of para-hydroxylation sites is 3. The van der Waals surface area contributed by atoms with Gasteiger partial charge in [0, 0.05) is 18.7 Å². The minimum Gasteiger partial charge on any atom is -0.457 e. The number of nitrogens with one attached hydrogen (secondary N) is 1. The molecule has 0 aliphatic rings. The molecule has 0 unspecified atom stereocenters. The van der Waals surface area contributed by atoms with Gasteiger partial charge in [-0.05, 0) is 55.5 Å². The van der Waals surface area contributed by atoms with Crippen LogP contribution in [0.25, 0.3) is 11.0 Å². The summed E-state index contributed by atoms with van der Waals surface area (Å²) in [4.78, 5) is 17.0. The Kier molecular flexibility index (Phi) is 5.06. The van der Waals surface area contributed by atoms with Gasteiger partial charge in [0.1, 0.15) is 17.3 Å². The maximum absolute atomic E-state index is 12.4. The molecule has 0 aliphatic heterocycles. The van der Waals surface area contributed by atoms with Gasteiger partial charge in [-0.1, -0.05) is 30.3 Å². The molecule has 4 aromatic rings. The van der Waals surface area contributed by atoms with Crippen LogP contribution in [0.2, 0.25) is 0 Å². The fourth-order valence-corrected chi connectivity index (χ4v) is 3.16. The second-order valence-electron chi connectivity index (χ2n) is 6.49. The number of aromatic nitrogens is 2. The van der Waals surface area contributed by atoms with Gasteiger partial charge in [0.05, 0.1) is 11.0 Å². The molecule has 5 heteroatoms. The van der Waals surface area contributed by atoms with Crippen molar-refractivity contribution < 1.29 is 9.53 Å². The fraction of sp³-hybridized carbons (Fsp3) is 0.130. The van der Waals surface area contributed by atoms with Crippen LogP contribution in [-0.4, -0.2) is 22.0 Å². The zero-order chi connectivity index (χ0) is 19.3. The largest absolute Gasteiger partial charge is 0.457 e. The summed E-state index contributed by atoms with van der Waals surface area (Å²) in [6.07, 6.45) is 0. The van der Waals surface area contributed by atoms with Crippen LogP contribution in [-0.2, 0) is 6.54 Å². The Morgan fingerprint density at radius 1 is 0.929 bits per heavy atom. The van der Waals surface area contributed by atoms with E-state index in [9.17, 15) is 4.79 Å². The monoisotopic (exact) mass is 371 g/mol. The molecule has 0 saturated heterocycles. The number of nitrogens with zero attached hydrogens (tertiary/aromatic N) is 2. The van der Waals surface area contributed by atoms with Gasteiger partial charge in [-0.25, -0.2) is 4.98 Å². The first-order valence-electron chi connectivity index (χ1n) is 9.24. The van der Waals surface area contributed by atoms with Crippen LogP contribution < -0.4 is 10.1 Å². The van der Waals surface area contributed by atoms with Crippen molar-refractivity contribution in [3.63, 3.8) is 0 Å². The Morgan fingerprint density at radius 2 is 1.61 bits per heavy atom. The fourth-order valence-electron chi connectivity index (χ4n) is 3.16. The highest BCUT2D eigenvalue weighted by Crippen LogP contribution is 2.21. The number of imidazole rings is 1. The van der Waals surface area contributed by atoms with E-state index in [0.717, 1.165) is 22.6 Å². The molecule has 0 fully saturated rings. The molecule has 0 aliphatic carbocycles. The van der Waals surface area contributed by atoms with Crippen molar-refractivity contribution in [3.05, 3.63) is 90.3 Å². The highest BCUT2D eigenvalue weighted by Gasteiger charge is 2.09. The minimum atomic E-state index is -0.103. The number of ether oxygens (including phenoxy) is 1. The lowest BCUT2D eigenvalue weighted by molar-refractivity contribution is 0.0952. The van der Waals surface area contributed by atoms with E-state index in [-0.39, 0.29) is 5.91 Å². The van der Waals surface area contributed by atoms with Crippen LogP contribution in [0.15, 0.2) is 78.9 Å². The summed E-state index contributed by atoms with van der Waals surface area (Å²) < 4.78 is 7.87. The van der Waals surface area contributed by atoms with Gasteiger partial charge in [-0.3, -0.25) is 4.79 Å². The third-order valence-electron chi connectivity index (χ3n) is 4.56. The van der Waals surface area contributed by atoms with Crippen molar-refractivity contribution in [2.75, 3.05) is 6.54 Å². The van der Waals surface area contributed by atoms with Crippen molar-refractivity contribution in [1.29, 1.82) is 0 Å².